The Kier molecular flexibility index (Phi) is 3.90. The van der Waals surface area contributed by atoms with Crippen LogP contribution in [0, 0.1) is 11.8 Å². The quantitative estimate of drug-likeness (QED) is 0.910. The van der Waals surface area contributed by atoms with E-state index in [2.05, 4.69) is 25.8 Å². The number of pyridine rings is 1. The van der Waals surface area contributed by atoms with E-state index in [1.165, 1.54) is 4.90 Å². The summed E-state index contributed by atoms with van der Waals surface area (Å²) in [6, 6.07) is 2.93. The molecule has 1 saturated heterocycles. The molecule has 1 amide bonds. The lowest BCUT2D eigenvalue weighted by Gasteiger charge is -2.24. The van der Waals surface area contributed by atoms with Crippen LogP contribution < -0.4 is 0 Å². The average Bonchev–Trinajstić information content (AvgIpc) is 3.05. The predicted molar refractivity (Wildman–Crippen MR) is 86.2 cm³/mol. The van der Waals surface area contributed by atoms with Gasteiger partial charge in [-0.3, -0.25) is 9.78 Å². The van der Waals surface area contributed by atoms with Crippen molar-refractivity contribution in [3.63, 3.8) is 0 Å². The molecule has 3 atom stereocenters. The Morgan fingerprint density at radius 2 is 2.00 bits per heavy atom. The summed E-state index contributed by atoms with van der Waals surface area (Å²) < 4.78 is 0. The van der Waals surface area contributed by atoms with Gasteiger partial charge in [0.25, 0.3) is 5.91 Å². The van der Waals surface area contributed by atoms with E-state index in [0.29, 0.717) is 18.2 Å². The fourth-order valence-electron chi connectivity index (χ4n) is 3.94. The molecule has 1 N–H and O–H groups in total. The highest BCUT2D eigenvalue weighted by Crippen LogP contribution is 2.42. The van der Waals surface area contributed by atoms with Gasteiger partial charge >= 0.3 is 5.97 Å². The first-order chi connectivity index (χ1) is 10.8. The van der Waals surface area contributed by atoms with Crippen LogP contribution in [0.15, 0.2) is 18.3 Å². The molecular weight excluding hydrogens is 292 g/mol. The molecule has 23 heavy (non-hydrogen) atoms. The van der Waals surface area contributed by atoms with Gasteiger partial charge in [0.15, 0.2) is 0 Å². The van der Waals surface area contributed by atoms with E-state index in [1.807, 2.05) is 6.07 Å². The van der Waals surface area contributed by atoms with Crippen molar-refractivity contribution in [2.75, 3.05) is 6.54 Å². The first-order valence-electron chi connectivity index (χ1n) is 8.29. The SMILES string of the molecule is CC(C)(C)c1ccc(C(=O)N2CC3CCCC3C2C(=O)O)nc1. The van der Waals surface area contributed by atoms with Crippen LogP contribution >= 0.6 is 0 Å². The maximum absolute atomic E-state index is 12.8. The van der Waals surface area contributed by atoms with Crippen molar-refractivity contribution in [2.24, 2.45) is 11.8 Å². The summed E-state index contributed by atoms with van der Waals surface area (Å²) in [6.07, 6.45) is 4.72. The summed E-state index contributed by atoms with van der Waals surface area (Å²) in [7, 11) is 0. The Morgan fingerprint density at radius 1 is 1.26 bits per heavy atom. The summed E-state index contributed by atoms with van der Waals surface area (Å²) in [5.41, 5.74) is 1.37. The number of aromatic nitrogens is 1. The number of rotatable bonds is 2. The minimum Gasteiger partial charge on any atom is -0.480 e. The van der Waals surface area contributed by atoms with Crippen LogP contribution in [0.2, 0.25) is 0 Å². The van der Waals surface area contributed by atoms with Gasteiger partial charge in [-0.2, -0.15) is 0 Å². The van der Waals surface area contributed by atoms with Crippen molar-refractivity contribution < 1.29 is 14.7 Å². The lowest BCUT2D eigenvalue weighted by molar-refractivity contribution is -0.142. The van der Waals surface area contributed by atoms with E-state index in [1.54, 1.807) is 12.3 Å². The van der Waals surface area contributed by atoms with Crippen LogP contribution in [0.1, 0.15) is 56.1 Å². The zero-order valence-electron chi connectivity index (χ0n) is 14.0. The van der Waals surface area contributed by atoms with Gasteiger partial charge in [-0.15, -0.1) is 0 Å². The molecule has 5 heteroatoms. The highest BCUT2D eigenvalue weighted by molar-refractivity contribution is 5.95. The van der Waals surface area contributed by atoms with E-state index in [-0.39, 0.29) is 17.2 Å². The molecule has 124 valence electrons. The molecule has 0 bridgehead atoms. The largest absolute Gasteiger partial charge is 0.480 e. The van der Waals surface area contributed by atoms with Crippen molar-refractivity contribution in [3.05, 3.63) is 29.6 Å². The minimum atomic E-state index is -0.890. The number of carbonyl (C=O) groups excluding carboxylic acids is 1. The molecule has 0 spiro atoms. The summed E-state index contributed by atoms with van der Waals surface area (Å²) in [5, 5.41) is 9.56. The topological polar surface area (TPSA) is 70.5 Å². The first kappa shape index (κ1) is 16.0. The van der Waals surface area contributed by atoms with Gasteiger partial charge in [0.1, 0.15) is 11.7 Å². The van der Waals surface area contributed by atoms with Crippen LogP contribution in [0.25, 0.3) is 0 Å². The maximum Gasteiger partial charge on any atom is 0.326 e. The number of carbonyl (C=O) groups is 2. The number of carboxylic acid groups (broad SMARTS) is 1. The summed E-state index contributed by atoms with van der Waals surface area (Å²) in [5.74, 6) is -0.717. The standard InChI is InChI=1S/C18H24N2O3/c1-18(2,3)12-7-8-14(19-9-12)16(21)20-10-11-5-4-6-13(11)15(20)17(22)23/h7-9,11,13,15H,4-6,10H2,1-3H3,(H,22,23). The number of fused-ring (bicyclic) bond motifs is 1. The fourth-order valence-corrected chi connectivity index (χ4v) is 3.94. The number of hydrogen-bond acceptors (Lipinski definition) is 3. The number of hydrogen-bond donors (Lipinski definition) is 1. The van der Waals surface area contributed by atoms with Crippen molar-refractivity contribution in [2.45, 2.75) is 51.5 Å². The smallest absolute Gasteiger partial charge is 0.326 e. The van der Waals surface area contributed by atoms with Crippen LogP contribution in [-0.4, -0.2) is 39.5 Å². The average molecular weight is 316 g/mol. The molecule has 2 heterocycles. The van der Waals surface area contributed by atoms with E-state index >= 15 is 0 Å². The fraction of sp³-hybridized carbons (Fsp3) is 0.611. The number of likely N-dealkylation sites (tertiary alicyclic amines) is 1. The van der Waals surface area contributed by atoms with E-state index in [9.17, 15) is 14.7 Å². The zero-order chi connectivity index (χ0) is 16.8. The van der Waals surface area contributed by atoms with Crippen LogP contribution in [0.3, 0.4) is 0 Å². The highest BCUT2D eigenvalue weighted by atomic mass is 16.4. The van der Waals surface area contributed by atoms with Crippen LogP contribution in [-0.2, 0) is 10.2 Å². The molecule has 1 aliphatic heterocycles. The van der Waals surface area contributed by atoms with Crippen molar-refractivity contribution in [1.29, 1.82) is 0 Å². The third-order valence-electron chi connectivity index (χ3n) is 5.25. The molecule has 5 nitrogen and oxygen atoms in total. The predicted octanol–water partition coefficient (Wildman–Crippen LogP) is 2.70. The lowest BCUT2D eigenvalue weighted by atomic mass is 9.88. The molecule has 3 unspecified atom stereocenters. The Bertz CT molecular complexity index is 618. The Labute approximate surface area is 136 Å². The third-order valence-corrected chi connectivity index (χ3v) is 5.25. The second-order valence-corrected chi connectivity index (χ2v) is 7.78. The van der Waals surface area contributed by atoms with Crippen LogP contribution in [0.4, 0.5) is 0 Å². The van der Waals surface area contributed by atoms with Gasteiger partial charge < -0.3 is 10.0 Å². The maximum atomic E-state index is 12.8. The van der Waals surface area contributed by atoms with E-state index < -0.39 is 12.0 Å². The van der Waals surface area contributed by atoms with Gasteiger partial charge in [0.05, 0.1) is 0 Å². The molecule has 2 aliphatic rings. The van der Waals surface area contributed by atoms with E-state index in [0.717, 1.165) is 24.8 Å². The molecule has 1 aliphatic carbocycles. The lowest BCUT2D eigenvalue weighted by Crippen LogP contribution is -2.43. The zero-order valence-corrected chi connectivity index (χ0v) is 14.0. The normalized spacial score (nSPS) is 27.1. The number of carboxylic acids is 1. The number of amides is 1. The molecule has 1 saturated carbocycles. The van der Waals surface area contributed by atoms with Crippen LogP contribution in [0.5, 0.6) is 0 Å². The molecule has 0 radical (unpaired) electrons. The Morgan fingerprint density at radius 3 is 2.57 bits per heavy atom. The number of aliphatic carboxylic acids is 1. The highest BCUT2D eigenvalue weighted by Gasteiger charge is 2.49. The molecule has 3 rings (SSSR count). The van der Waals surface area contributed by atoms with Gasteiger partial charge in [-0.05, 0) is 41.7 Å². The summed E-state index contributed by atoms with van der Waals surface area (Å²) in [6.45, 7) is 6.82. The molecule has 0 aromatic carbocycles. The van der Waals surface area contributed by atoms with Gasteiger partial charge in [-0.25, -0.2) is 4.79 Å². The second-order valence-electron chi connectivity index (χ2n) is 7.78. The van der Waals surface area contributed by atoms with Gasteiger partial charge in [0.2, 0.25) is 0 Å². The Hall–Kier alpha value is -1.91. The molecule has 2 fully saturated rings. The summed E-state index contributed by atoms with van der Waals surface area (Å²) in [4.78, 5) is 30.2. The third kappa shape index (κ3) is 2.84. The molecule has 1 aromatic heterocycles. The Balaban J connectivity index is 1.83. The van der Waals surface area contributed by atoms with Gasteiger partial charge in [-0.1, -0.05) is 33.3 Å². The van der Waals surface area contributed by atoms with E-state index in [4.69, 9.17) is 0 Å². The van der Waals surface area contributed by atoms with Crippen molar-refractivity contribution in [3.8, 4) is 0 Å². The van der Waals surface area contributed by atoms with Crippen molar-refractivity contribution in [1.82, 2.24) is 9.88 Å². The molecular formula is C18H24N2O3. The first-order valence-corrected chi connectivity index (χ1v) is 8.29. The van der Waals surface area contributed by atoms with Gasteiger partial charge in [0, 0.05) is 12.7 Å². The minimum absolute atomic E-state index is 0.0250. The summed E-state index contributed by atoms with van der Waals surface area (Å²) >= 11 is 0. The number of nitrogens with zero attached hydrogens (tertiary/aromatic N) is 2. The molecule has 1 aromatic rings. The van der Waals surface area contributed by atoms with Crippen molar-refractivity contribution >= 4 is 11.9 Å². The monoisotopic (exact) mass is 316 g/mol. The second kappa shape index (κ2) is 5.62.